The van der Waals surface area contributed by atoms with E-state index >= 15 is 0 Å². The lowest BCUT2D eigenvalue weighted by Crippen LogP contribution is -2.12. The van der Waals surface area contributed by atoms with Crippen molar-refractivity contribution in [2.24, 2.45) is 0 Å². The van der Waals surface area contributed by atoms with Gasteiger partial charge >= 0.3 is 0 Å². The maximum absolute atomic E-state index is 13.2. The topological polar surface area (TPSA) is 46.9 Å². The minimum absolute atomic E-state index is 0.338. The van der Waals surface area contributed by atoms with E-state index in [0.29, 0.717) is 15.2 Å². The van der Waals surface area contributed by atoms with Gasteiger partial charge in [0.2, 0.25) is 0 Å². The van der Waals surface area contributed by atoms with Crippen molar-refractivity contribution in [3.8, 4) is 11.3 Å². The van der Waals surface area contributed by atoms with E-state index in [2.05, 4.69) is 43.4 Å². The van der Waals surface area contributed by atoms with Gasteiger partial charge in [0.05, 0.1) is 11.3 Å². The molecular weight excluding hydrogens is 417 g/mol. The minimum atomic E-state index is -0.403. The zero-order valence-corrected chi connectivity index (χ0v) is 16.7. The Hall–Kier alpha value is -2.25. The van der Waals surface area contributed by atoms with Crippen molar-refractivity contribution in [1.29, 1.82) is 0 Å². The van der Waals surface area contributed by atoms with E-state index in [1.165, 1.54) is 29.5 Å². The first kappa shape index (κ1) is 18.5. The summed E-state index contributed by atoms with van der Waals surface area (Å²) in [6, 6.07) is 6.03. The van der Waals surface area contributed by atoms with Crippen LogP contribution in [0.25, 0.3) is 11.3 Å². The number of rotatable bonds is 5. The molecule has 0 radical (unpaired) electrons. The Morgan fingerprint density at radius 2 is 2.19 bits per heavy atom. The molecule has 26 heavy (non-hydrogen) atoms. The molecule has 134 valence electrons. The highest BCUT2D eigenvalue weighted by molar-refractivity contribution is 9.10. The normalized spacial score (nSPS) is 10.8. The number of carbonyl (C=O) groups is 1. The van der Waals surface area contributed by atoms with Crippen LogP contribution in [0.3, 0.4) is 0 Å². The standard InChI is InChI=1S/C19H17BrFN3OS/c1-4-7-24-11(2)8-15(12(24)3)17-10-26-19(22-17)23-18(25)14-6-5-13(21)9-16(14)20/h4-6,8-10H,1,7H2,2-3H3,(H,22,23,25). The van der Waals surface area contributed by atoms with Crippen molar-refractivity contribution in [3.63, 3.8) is 0 Å². The predicted octanol–water partition coefficient (Wildman–Crippen LogP) is 5.57. The number of anilines is 1. The fourth-order valence-electron chi connectivity index (χ4n) is 2.76. The van der Waals surface area contributed by atoms with Gasteiger partial charge in [-0.25, -0.2) is 9.37 Å². The maximum Gasteiger partial charge on any atom is 0.258 e. The molecular formula is C19H17BrFN3OS. The van der Waals surface area contributed by atoms with Crippen LogP contribution in [0, 0.1) is 19.7 Å². The second-order valence-corrected chi connectivity index (χ2v) is 7.51. The van der Waals surface area contributed by atoms with Crippen molar-refractivity contribution < 1.29 is 9.18 Å². The summed E-state index contributed by atoms with van der Waals surface area (Å²) >= 11 is 4.56. The summed E-state index contributed by atoms with van der Waals surface area (Å²) in [6.45, 7) is 8.61. The van der Waals surface area contributed by atoms with E-state index < -0.39 is 5.82 Å². The zero-order valence-electron chi connectivity index (χ0n) is 14.3. The number of carbonyl (C=O) groups excluding carboxylic acids is 1. The quantitative estimate of drug-likeness (QED) is 0.534. The van der Waals surface area contributed by atoms with Crippen molar-refractivity contribution in [1.82, 2.24) is 9.55 Å². The first-order valence-electron chi connectivity index (χ1n) is 7.90. The van der Waals surface area contributed by atoms with Crippen molar-refractivity contribution in [2.45, 2.75) is 20.4 Å². The number of allylic oxidation sites excluding steroid dienone is 1. The number of aromatic nitrogens is 2. The molecule has 1 N–H and O–H groups in total. The average Bonchev–Trinajstić information content (AvgIpc) is 3.14. The van der Waals surface area contributed by atoms with Crippen LogP contribution in [0.1, 0.15) is 21.7 Å². The third-order valence-corrected chi connectivity index (χ3v) is 5.48. The number of amides is 1. The van der Waals surface area contributed by atoms with Crippen LogP contribution in [-0.2, 0) is 6.54 Å². The highest BCUT2D eigenvalue weighted by Gasteiger charge is 2.16. The molecule has 7 heteroatoms. The summed E-state index contributed by atoms with van der Waals surface area (Å²) in [5.41, 5.74) is 4.43. The van der Waals surface area contributed by atoms with Crippen LogP contribution in [0.4, 0.5) is 9.52 Å². The van der Waals surface area contributed by atoms with E-state index in [1.54, 1.807) is 0 Å². The Balaban J connectivity index is 1.83. The lowest BCUT2D eigenvalue weighted by molar-refractivity contribution is 0.102. The molecule has 0 saturated heterocycles. The van der Waals surface area contributed by atoms with E-state index in [9.17, 15) is 9.18 Å². The Bertz CT molecular complexity index is 993. The predicted molar refractivity (Wildman–Crippen MR) is 107 cm³/mol. The molecule has 1 aromatic carbocycles. The van der Waals surface area contributed by atoms with E-state index in [0.717, 1.165) is 29.2 Å². The number of hydrogen-bond donors (Lipinski definition) is 1. The molecule has 4 nitrogen and oxygen atoms in total. The number of halogens is 2. The van der Waals surface area contributed by atoms with Gasteiger partial charge in [0.15, 0.2) is 5.13 Å². The molecule has 3 rings (SSSR count). The van der Waals surface area contributed by atoms with Gasteiger partial charge in [-0.05, 0) is 54.0 Å². The maximum atomic E-state index is 13.2. The van der Waals surface area contributed by atoms with Crippen molar-refractivity contribution >= 4 is 38.3 Å². The van der Waals surface area contributed by atoms with Gasteiger partial charge in [0, 0.05) is 33.3 Å². The van der Waals surface area contributed by atoms with Crippen LogP contribution in [-0.4, -0.2) is 15.5 Å². The number of nitrogens with one attached hydrogen (secondary N) is 1. The molecule has 0 aliphatic rings. The first-order chi connectivity index (χ1) is 12.4. The number of thiazole rings is 1. The van der Waals surface area contributed by atoms with Crippen molar-refractivity contribution in [2.75, 3.05) is 5.32 Å². The molecule has 0 atom stereocenters. The Kier molecular flexibility index (Phi) is 5.38. The number of benzene rings is 1. The highest BCUT2D eigenvalue weighted by Crippen LogP contribution is 2.30. The third-order valence-electron chi connectivity index (χ3n) is 4.06. The number of aryl methyl sites for hydroxylation is 1. The Morgan fingerprint density at radius 1 is 1.42 bits per heavy atom. The molecule has 0 spiro atoms. The van der Waals surface area contributed by atoms with Gasteiger partial charge in [-0.1, -0.05) is 6.08 Å². The van der Waals surface area contributed by atoms with Crippen LogP contribution < -0.4 is 5.32 Å². The summed E-state index contributed by atoms with van der Waals surface area (Å²) in [4.78, 5) is 16.9. The Morgan fingerprint density at radius 3 is 2.88 bits per heavy atom. The number of hydrogen-bond acceptors (Lipinski definition) is 3. The first-order valence-corrected chi connectivity index (χ1v) is 9.58. The lowest BCUT2D eigenvalue weighted by Gasteiger charge is -2.05. The molecule has 0 bridgehead atoms. The minimum Gasteiger partial charge on any atom is -0.345 e. The molecule has 0 unspecified atom stereocenters. The summed E-state index contributed by atoms with van der Waals surface area (Å²) in [6.07, 6.45) is 1.86. The molecule has 3 aromatic rings. The molecule has 0 aliphatic carbocycles. The van der Waals surface area contributed by atoms with Gasteiger partial charge in [0.25, 0.3) is 5.91 Å². The van der Waals surface area contributed by atoms with Crippen LogP contribution in [0.5, 0.6) is 0 Å². The molecule has 0 fully saturated rings. The fraction of sp³-hybridized carbons (Fsp3) is 0.158. The average molecular weight is 434 g/mol. The smallest absolute Gasteiger partial charge is 0.258 e. The van der Waals surface area contributed by atoms with Gasteiger partial charge in [-0.15, -0.1) is 17.9 Å². The fourth-order valence-corrected chi connectivity index (χ4v) is 4.00. The molecule has 2 heterocycles. The molecule has 1 amide bonds. The number of nitrogens with zero attached hydrogens (tertiary/aromatic N) is 2. The third kappa shape index (κ3) is 3.64. The zero-order chi connectivity index (χ0) is 18.8. The van der Waals surface area contributed by atoms with E-state index in [-0.39, 0.29) is 5.91 Å². The van der Waals surface area contributed by atoms with Gasteiger partial charge in [-0.3, -0.25) is 10.1 Å². The molecule has 2 aromatic heterocycles. The van der Waals surface area contributed by atoms with E-state index in [4.69, 9.17) is 0 Å². The van der Waals surface area contributed by atoms with Crippen LogP contribution >= 0.6 is 27.3 Å². The Labute approximate surface area is 163 Å². The second-order valence-electron chi connectivity index (χ2n) is 5.80. The SMILES string of the molecule is C=CCn1c(C)cc(-c2csc(NC(=O)c3ccc(F)cc3Br)n2)c1C. The summed E-state index contributed by atoms with van der Waals surface area (Å²) in [7, 11) is 0. The highest BCUT2D eigenvalue weighted by atomic mass is 79.9. The van der Waals surface area contributed by atoms with Crippen LogP contribution in [0.15, 0.2) is 46.8 Å². The monoisotopic (exact) mass is 433 g/mol. The van der Waals surface area contributed by atoms with Gasteiger partial charge in [-0.2, -0.15) is 0 Å². The molecule has 0 aliphatic heterocycles. The van der Waals surface area contributed by atoms with Gasteiger partial charge in [0.1, 0.15) is 5.82 Å². The van der Waals surface area contributed by atoms with Crippen LogP contribution in [0.2, 0.25) is 0 Å². The summed E-state index contributed by atoms with van der Waals surface area (Å²) < 4.78 is 15.7. The largest absolute Gasteiger partial charge is 0.345 e. The van der Waals surface area contributed by atoms with Crippen molar-refractivity contribution in [3.05, 3.63) is 69.5 Å². The second kappa shape index (κ2) is 7.55. The lowest BCUT2D eigenvalue weighted by atomic mass is 10.2. The van der Waals surface area contributed by atoms with Gasteiger partial charge < -0.3 is 4.57 Å². The van der Waals surface area contributed by atoms with E-state index in [1.807, 2.05) is 25.3 Å². The summed E-state index contributed by atoms with van der Waals surface area (Å²) in [5.74, 6) is -0.741. The molecule has 0 saturated carbocycles. The summed E-state index contributed by atoms with van der Waals surface area (Å²) in [5, 5.41) is 5.17.